The van der Waals surface area contributed by atoms with E-state index in [2.05, 4.69) is 15.8 Å². The molecule has 3 N–H and O–H groups in total. The Kier molecular flexibility index (Phi) is 7.80. The summed E-state index contributed by atoms with van der Waals surface area (Å²) in [7, 11) is 0. The molecule has 178 valence electrons. The molecule has 12 heteroatoms. The number of carbonyl (C=O) groups excluding carboxylic acids is 2. The number of rotatable bonds is 9. The number of nitrogens with one attached hydrogen (secondary N) is 2. The molecule has 2 amide bonds. The van der Waals surface area contributed by atoms with Crippen LogP contribution in [0.15, 0.2) is 77.9 Å². The summed E-state index contributed by atoms with van der Waals surface area (Å²) >= 11 is 0. The maximum Gasteiger partial charge on any atom is 0.318 e. The number of aromatic hydroxyl groups is 1. The van der Waals surface area contributed by atoms with Crippen LogP contribution in [0, 0.1) is 20.2 Å². The second-order valence-electron chi connectivity index (χ2n) is 7.18. The van der Waals surface area contributed by atoms with Crippen molar-refractivity contribution in [2.24, 2.45) is 5.10 Å². The minimum Gasteiger partial charge on any atom is -0.502 e. The van der Waals surface area contributed by atoms with Gasteiger partial charge in [0.1, 0.15) is 0 Å². The summed E-state index contributed by atoms with van der Waals surface area (Å²) < 4.78 is 0. The summed E-state index contributed by atoms with van der Waals surface area (Å²) in [4.78, 5) is 45.2. The molecule has 0 aliphatic rings. The lowest BCUT2D eigenvalue weighted by molar-refractivity contribution is -0.394. The van der Waals surface area contributed by atoms with E-state index >= 15 is 0 Å². The zero-order valence-electron chi connectivity index (χ0n) is 18.0. The lowest BCUT2D eigenvalue weighted by Gasteiger charge is -2.17. The first-order chi connectivity index (χ1) is 16.8. The average molecular weight is 477 g/mol. The van der Waals surface area contributed by atoms with Crippen molar-refractivity contribution in [1.29, 1.82) is 0 Å². The average Bonchev–Trinajstić information content (AvgIpc) is 2.85. The molecule has 0 aliphatic carbocycles. The number of nitro groups is 2. The van der Waals surface area contributed by atoms with E-state index in [4.69, 9.17) is 0 Å². The van der Waals surface area contributed by atoms with Crippen molar-refractivity contribution in [3.63, 3.8) is 0 Å². The topological polar surface area (TPSA) is 177 Å². The first-order valence-corrected chi connectivity index (χ1v) is 10.1. The van der Waals surface area contributed by atoms with Gasteiger partial charge in [-0.2, -0.15) is 5.10 Å². The number of phenols is 1. The minimum atomic E-state index is -0.982. The summed E-state index contributed by atoms with van der Waals surface area (Å²) in [5.74, 6) is -2.65. The molecule has 0 atom stereocenters. The molecule has 0 unspecified atom stereocenters. The van der Waals surface area contributed by atoms with E-state index in [1.807, 2.05) is 12.1 Å². The molecule has 0 aliphatic heterocycles. The molecule has 0 heterocycles. The number of nitro benzene ring substituents is 2. The van der Waals surface area contributed by atoms with Gasteiger partial charge in [-0.25, -0.2) is 5.43 Å². The van der Waals surface area contributed by atoms with Crippen molar-refractivity contribution in [3.05, 3.63) is 110 Å². The van der Waals surface area contributed by atoms with Gasteiger partial charge in [-0.05, 0) is 11.1 Å². The molecule has 3 aromatic carbocycles. The van der Waals surface area contributed by atoms with Gasteiger partial charge in [0, 0.05) is 6.07 Å². The third-order valence-corrected chi connectivity index (χ3v) is 4.86. The summed E-state index contributed by atoms with van der Waals surface area (Å²) in [6, 6.07) is 19.5. The molecule has 0 saturated heterocycles. The van der Waals surface area contributed by atoms with E-state index in [-0.39, 0.29) is 5.56 Å². The summed E-state index contributed by atoms with van der Waals surface area (Å²) in [6.45, 7) is -0.437. The normalized spacial score (nSPS) is 10.8. The Labute approximate surface area is 198 Å². The van der Waals surface area contributed by atoms with Gasteiger partial charge in [0.2, 0.25) is 11.7 Å². The van der Waals surface area contributed by atoms with Crippen LogP contribution in [0.5, 0.6) is 5.75 Å². The van der Waals surface area contributed by atoms with Crippen molar-refractivity contribution in [2.75, 3.05) is 6.54 Å². The van der Waals surface area contributed by atoms with Gasteiger partial charge < -0.3 is 10.4 Å². The van der Waals surface area contributed by atoms with Crippen LogP contribution in [0.2, 0.25) is 0 Å². The number of hydrazone groups is 1. The fraction of sp³-hybridized carbons (Fsp3) is 0.0870. The van der Waals surface area contributed by atoms with Crippen LogP contribution in [-0.2, 0) is 9.59 Å². The second-order valence-corrected chi connectivity index (χ2v) is 7.18. The highest BCUT2D eigenvalue weighted by Crippen LogP contribution is 2.33. The monoisotopic (exact) mass is 477 g/mol. The molecule has 35 heavy (non-hydrogen) atoms. The predicted molar refractivity (Wildman–Crippen MR) is 125 cm³/mol. The van der Waals surface area contributed by atoms with Crippen LogP contribution in [0.25, 0.3) is 0 Å². The second kappa shape index (κ2) is 11.1. The number of non-ortho nitro benzene ring substituents is 1. The molecular weight excluding hydrogens is 458 g/mol. The van der Waals surface area contributed by atoms with Crippen molar-refractivity contribution in [3.8, 4) is 5.75 Å². The molecule has 12 nitrogen and oxygen atoms in total. The number of hydrogen-bond donors (Lipinski definition) is 3. The molecule has 0 fully saturated rings. The molecule has 0 spiro atoms. The number of amides is 2. The van der Waals surface area contributed by atoms with Crippen LogP contribution in [0.1, 0.15) is 22.6 Å². The lowest BCUT2D eigenvalue weighted by atomic mass is 9.90. The summed E-state index contributed by atoms with van der Waals surface area (Å²) in [5, 5.41) is 38.0. The largest absolute Gasteiger partial charge is 0.502 e. The van der Waals surface area contributed by atoms with Crippen LogP contribution in [0.4, 0.5) is 11.4 Å². The standard InChI is InChI=1S/C23H19N5O7/c29-20(26-25-13-17-11-18(27(32)33)12-19(22(17)30)28(34)35)14-24-23(31)21(15-7-3-1-4-8-15)16-9-5-2-6-10-16/h1-13,21,30H,14H2,(H,24,31)(H,26,29)/b25-13-. The number of benzene rings is 3. The number of nitrogens with zero attached hydrogens (tertiary/aromatic N) is 3. The van der Waals surface area contributed by atoms with Crippen molar-refractivity contribution >= 4 is 29.4 Å². The maximum atomic E-state index is 12.9. The van der Waals surface area contributed by atoms with Crippen LogP contribution < -0.4 is 10.7 Å². The van der Waals surface area contributed by atoms with E-state index in [1.165, 1.54) is 0 Å². The smallest absolute Gasteiger partial charge is 0.318 e. The summed E-state index contributed by atoms with van der Waals surface area (Å²) in [6.07, 6.45) is 0.825. The van der Waals surface area contributed by atoms with Gasteiger partial charge >= 0.3 is 5.69 Å². The van der Waals surface area contributed by atoms with Gasteiger partial charge in [0.15, 0.2) is 0 Å². The van der Waals surface area contributed by atoms with Crippen molar-refractivity contribution < 1.29 is 24.5 Å². The highest BCUT2D eigenvalue weighted by atomic mass is 16.6. The number of carbonyl (C=O) groups is 2. The van der Waals surface area contributed by atoms with E-state index in [9.17, 15) is 34.9 Å². The first kappa shape index (κ1) is 24.5. The molecule has 0 radical (unpaired) electrons. The molecule has 3 rings (SSSR count). The quantitative estimate of drug-likeness (QED) is 0.241. The van der Waals surface area contributed by atoms with Gasteiger partial charge in [0.25, 0.3) is 11.6 Å². The van der Waals surface area contributed by atoms with Gasteiger partial charge in [-0.15, -0.1) is 0 Å². The van der Waals surface area contributed by atoms with Crippen molar-refractivity contribution in [2.45, 2.75) is 5.92 Å². The van der Waals surface area contributed by atoms with E-state index in [1.54, 1.807) is 48.5 Å². The maximum absolute atomic E-state index is 12.9. The Balaban J connectivity index is 1.67. The lowest BCUT2D eigenvalue weighted by Crippen LogP contribution is -2.37. The SMILES string of the molecule is O=C(CNC(=O)C(c1ccccc1)c1ccccc1)N/N=C\c1cc([N+](=O)[O-])cc([N+](=O)[O-])c1O. The Morgan fingerprint density at radius 1 is 0.943 bits per heavy atom. The predicted octanol–water partition coefficient (Wildman–Crippen LogP) is 2.61. The van der Waals surface area contributed by atoms with Crippen LogP contribution in [0.3, 0.4) is 0 Å². The highest BCUT2D eigenvalue weighted by molar-refractivity contribution is 5.91. The Morgan fingerprint density at radius 2 is 1.51 bits per heavy atom. The molecule has 0 bridgehead atoms. The fourth-order valence-corrected chi connectivity index (χ4v) is 3.24. The fourth-order valence-electron chi connectivity index (χ4n) is 3.24. The molecule has 3 aromatic rings. The third-order valence-electron chi connectivity index (χ3n) is 4.86. The first-order valence-electron chi connectivity index (χ1n) is 10.1. The minimum absolute atomic E-state index is 0.344. The zero-order chi connectivity index (χ0) is 25.4. The van der Waals surface area contributed by atoms with Crippen LogP contribution >= 0.6 is 0 Å². The van der Waals surface area contributed by atoms with Gasteiger partial charge in [-0.3, -0.25) is 29.8 Å². The van der Waals surface area contributed by atoms with E-state index in [0.717, 1.165) is 23.4 Å². The molecular formula is C23H19N5O7. The number of hydrogen-bond acceptors (Lipinski definition) is 8. The highest BCUT2D eigenvalue weighted by Gasteiger charge is 2.24. The van der Waals surface area contributed by atoms with Gasteiger partial charge in [0.05, 0.1) is 40.2 Å². The zero-order valence-corrected chi connectivity index (χ0v) is 18.0. The Hall–Kier alpha value is -5.13. The van der Waals surface area contributed by atoms with Gasteiger partial charge in [-0.1, -0.05) is 60.7 Å². The molecule has 0 saturated carbocycles. The Bertz CT molecular complexity index is 1240. The summed E-state index contributed by atoms with van der Waals surface area (Å²) in [5.41, 5.74) is 1.70. The molecule has 0 aromatic heterocycles. The third kappa shape index (κ3) is 6.22. The van der Waals surface area contributed by atoms with Crippen molar-refractivity contribution in [1.82, 2.24) is 10.7 Å². The van der Waals surface area contributed by atoms with E-state index in [0.29, 0.717) is 6.07 Å². The van der Waals surface area contributed by atoms with Crippen LogP contribution in [-0.4, -0.2) is 39.5 Å². The van der Waals surface area contributed by atoms with E-state index < -0.39 is 51.2 Å². The Morgan fingerprint density at radius 3 is 2.03 bits per heavy atom. The number of phenolic OH excluding ortho intramolecular Hbond substituents is 1.